The van der Waals surface area contributed by atoms with Crippen LogP contribution in [0.1, 0.15) is 18.7 Å². The minimum absolute atomic E-state index is 0.236. The highest BCUT2D eigenvalue weighted by molar-refractivity contribution is 7.48. The average Bonchev–Trinajstić information content (AvgIpc) is 1.64. The highest BCUT2D eigenvalue weighted by atomic mass is 31.2. The first-order chi connectivity index (χ1) is 44.4. The van der Waals surface area contributed by atoms with Crippen LogP contribution in [0.5, 0.6) is 17.2 Å². The van der Waals surface area contributed by atoms with Crippen molar-refractivity contribution in [3.63, 3.8) is 0 Å². The summed E-state index contributed by atoms with van der Waals surface area (Å²) in [5.74, 6) is -2.04. The normalized spacial score (nSPS) is 23.9. The quantitative estimate of drug-likeness (QED) is 0.0305. The first kappa shape index (κ1) is 62.5. The fraction of sp³-hybridized carbons (Fsp3) is 0.333. The van der Waals surface area contributed by atoms with Gasteiger partial charge in [-0.05, 0) is 36.4 Å². The summed E-state index contributed by atoms with van der Waals surface area (Å²) in [5.41, 5.74) is -4.00. The van der Waals surface area contributed by atoms with Crippen molar-refractivity contribution in [2.24, 2.45) is 0 Å². The maximum atomic E-state index is 15.0. The van der Waals surface area contributed by atoms with E-state index in [-0.39, 0.29) is 51.3 Å². The number of aliphatic hydroxyl groups excluding tert-OH is 6. The van der Waals surface area contributed by atoms with Crippen LogP contribution in [-0.2, 0) is 46.7 Å². The molecule has 12 N–H and O–H groups in total. The van der Waals surface area contributed by atoms with Crippen molar-refractivity contribution in [1.29, 1.82) is 0 Å². The Morgan fingerprint density at radius 3 is 0.989 bits per heavy atom. The summed E-state index contributed by atoms with van der Waals surface area (Å²) < 4.78 is 69.8. The van der Waals surface area contributed by atoms with Gasteiger partial charge in [-0.2, -0.15) is 15.0 Å². The molecule has 9 heterocycles. The molecule has 3 aliphatic heterocycles. The first-order valence-electron chi connectivity index (χ1n) is 27.8. The number of aliphatic hydroxyl groups is 6. The highest BCUT2D eigenvalue weighted by Crippen LogP contribution is 2.52. The number of phosphoric acid groups is 1. The van der Waals surface area contributed by atoms with Gasteiger partial charge in [0.2, 0.25) is 17.8 Å². The Bertz CT molecular complexity index is 3950. The van der Waals surface area contributed by atoms with Crippen molar-refractivity contribution in [2.45, 2.75) is 73.6 Å². The number of nitrogens with zero attached hydrogens (tertiary/aromatic N) is 9. The van der Waals surface area contributed by atoms with Gasteiger partial charge in [-0.25, -0.2) is 19.5 Å². The van der Waals surface area contributed by atoms with Gasteiger partial charge >= 0.3 is 7.82 Å². The third-order valence-electron chi connectivity index (χ3n) is 14.4. The van der Waals surface area contributed by atoms with Crippen molar-refractivity contribution >= 4 is 76.9 Å². The van der Waals surface area contributed by atoms with E-state index < -0.39 is 155 Å². The number of H-pyrrole nitrogens is 3. The molecule has 37 nitrogen and oxygen atoms in total. The van der Waals surface area contributed by atoms with Crippen LogP contribution < -0.4 is 46.8 Å². The minimum Gasteiger partial charge on any atom is -0.484 e. The molecule has 38 heteroatoms. The molecule has 92 heavy (non-hydrogen) atoms. The van der Waals surface area contributed by atoms with Gasteiger partial charge in [-0.1, -0.05) is 54.6 Å². The Morgan fingerprint density at radius 2 is 0.717 bits per heavy atom. The Morgan fingerprint density at radius 1 is 0.446 bits per heavy atom. The van der Waals surface area contributed by atoms with Crippen molar-refractivity contribution in [2.75, 3.05) is 55.6 Å². The van der Waals surface area contributed by atoms with E-state index in [0.29, 0.717) is 17.2 Å². The molecule has 0 spiro atoms. The molecule has 3 aromatic carbocycles. The highest BCUT2D eigenvalue weighted by Gasteiger charge is 2.50. The van der Waals surface area contributed by atoms with Crippen LogP contribution in [0.3, 0.4) is 0 Å². The smallest absolute Gasteiger partial charge is 0.475 e. The van der Waals surface area contributed by atoms with Gasteiger partial charge in [-0.3, -0.25) is 86.9 Å². The second kappa shape index (κ2) is 26.6. The van der Waals surface area contributed by atoms with E-state index in [4.69, 9.17) is 42.0 Å². The lowest BCUT2D eigenvalue weighted by Gasteiger charge is -2.24. The molecule has 0 unspecified atom stereocenters. The van der Waals surface area contributed by atoms with Crippen LogP contribution in [0.15, 0.2) is 124 Å². The number of carbonyl (C=O) groups is 3. The lowest BCUT2D eigenvalue weighted by Crippen LogP contribution is -2.35. The first-order valence-corrected chi connectivity index (χ1v) is 29.2. The number of anilines is 3. The number of aromatic nitrogens is 12. The lowest BCUT2D eigenvalue weighted by molar-refractivity contribution is -0.118. The number of phosphoric ester groups is 1. The second-order valence-corrected chi connectivity index (χ2v) is 22.3. The molecule has 0 bridgehead atoms. The summed E-state index contributed by atoms with van der Waals surface area (Å²) in [6.07, 6.45) is -17.7. The molecule has 3 saturated heterocycles. The molecule has 3 fully saturated rings. The van der Waals surface area contributed by atoms with E-state index in [1.807, 2.05) is 0 Å². The third kappa shape index (κ3) is 13.4. The predicted molar refractivity (Wildman–Crippen MR) is 309 cm³/mol. The molecule has 0 radical (unpaired) electrons. The van der Waals surface area contributed by atoms with Crippen molar-refractivity contribution in [1.82, 2.24) is 58.6 Å². The van der Waals surface area contributed by atoms with Crippen molar-refractivity contribution in [3.8, 4) is 17.2 Å². The number of para-hydroxylation sites is 3. The Balaban J connectivity index is 0.757. The monoisotopic (exact) mass is 1300 g/mol. The van der Waals surface area contributed by atoms with E-state index in [1.54, 1.807) is 91.0 Å². The van der Waals surface area contributed by atoms with Gasteiger partial charge in [-0.15, -0.1) is 0 Å². The standard InChI is InChI=1S/C54H54N15O22P/c70-31(19-83-25-10-4-1-5-11-25)58-52-61-43-34(46(79)64-52)55-22-67(43)49-40(76)37(73)28(89-49)16-86-92(82,87-17-29-38(74)41(77)50(90-29)68-23-56-35-44(68)62-53(65-47(35)80)59-32(71)20-84-26-12-6-2-7-13-26)88-18-30-39(75)42(78)51(91-30)69-24-57-36-45(69)63-54(66-48(36)81)60-33(72)21-85-27-14-8-3-9-15-27/h1-15,22-24,28-30,37-42,49-51,73-78H,16-21H2,(H2,58,61,64,70,79)(H2,59,62,65,71,80)(H2,60,63,66,72,81)/t28-,29-,30-,37-,38-,39-,40-,41-,42-,49-,50-,51-/m1/s1. The number of hydrogen-bond donors (Lipinski definition) is 12. The summed E-state index contributed by atoms with van der Waals surface area (Å²) >= 11 is 0. The summed E-state index contributed by atoms with van der Waals surface area (Å²) in [4.78, 5) is 110. The number of carbonyl (C=O) groups excluding carboxylic acids is 3. The molecule has 3 amide bonds. The summed E-state index contributed by atoms with van der Waals surface area (Å²) in [5, 5.41) is 75.6. The van der Waals surface area contributed by atoms with Gasteiger partial charge in [0.25, 0.3) is 34.4 Å². The van der Waals surface area contributed by atoms with Crippen LogP contribution in [-0.4, -0.2) is 201 Å². The maximum absolute atomic E-state index is 15.0. The van der Waals surface area contributed by atoms with Gasteiger partial charge < -0.3 is 59.1 Å². The lowest BCUT2D eigenvalue weighted by atomic mass is 10.1. The summed E-state index contributed by atoms with van der Waals surface area (Å²) in [7, 11) is -5.23. The van der Waals surface area contributed by atoms with Crippen molar-refractivity contribution < 1.29 is 91.6 Å². The molecular formula is C54H54N15O22P. The Kier molecular flexibility index (Phi) is 18.1. The summed E-state index contributed by atoms with van der Waals surface area (Å²) in [6, 6.07) is 25.2. The number of amides is 3. The van der Waals surface area contributed by atoms with Gasteiger partial charge in [0.1, 0.15) is 72.2 Å². The topological polar surface area (TPSA) is 500 Å². The van der Waals surface area contributed by atoms with Crippen LogP contribution in [0.4, 0.5) is 17.8 Å². The van der Waals surface area contributed by atoms with Gasteiger partial charge in [0, 0.05) is 0 Å². The number of benzene rings is 3. The van der Waals surface area contributed by atoms with E-state index in [1.165, 1.54) is 0 Å². The fourth-order valence-corrected chi connectivity index (χ4v) is 11.1. The summed E-state index contributed by atoms with van der Waals surface area (Å²) in [6.45, 7) is -4.29. The number of ether oxygens (including phenoxy) is 6. The van der Waals surface area contributed by atoms with E-state index in [0.717, 1.165) is 32.7 Å². The molecular weight excluding hydrogens is 1240 g/mol. The molecule has 12 atom stereocenters. The van der Waals surface area contributed by atoms with E-state index in [9.17, 15) is 64.0 Å². The molecule has 0 aliphatic carbocycles. The molecule has 0 saturated carbocycles. The number of aromatic amines is 3. The molecule has 6 aromatic heterocycles. The number of nitrogens with one attached hydrogen (secondary N) is 6. The zero-order chi connectivity index (χ0) is 64.4. The number of hydrogen-bond acceptors (Lipinski definition) is 28. The van der Waals surface area contributed by atoms with Crippen LogP contribution in [0, 0.1) is 0 Å². The molecule has 9 aromatic rings. The number of imidazole rings is 3. The average molecular weight is 1300 g/mol. The zero-order valence-corrected chi connectivity index (χ0v) is 48.1. The van der Waals surface area contributed by atoms with Crippen LogP contribution in [0.2, 0.25) is 0 Å². The number of rotatable bonds is 24. The molecule has 3 aliphatic rings. The van der Waals surface area contributed by atoms with Crippen molar-refractivity contribution in [3.05, 3.63) is 141 Å². The Labute approximate surface area is 513 Å². The van der Waals surface area contributed by atoms with E-state index in [2.05, 4.69) is 60.8 Å². The zero-order valence-electron chi connectivity index (χ0n) is 47.3. The SMILES string of the molecule is O=C(COc1ccccc1)Nc1nc2c(ncn2[C@@H]2O[C@H](COP(=O)(OC[C@H]3O[C@@H](n4cnc5c(=O)[nH]c(NC(=O)COc6ccccc6)nc54)[C@H](O)[C@@H]3O)OC[C@H]3O[C@@H](n4cnc5c(=O)[nH]c(NC(=O)COc6ccccc6)nc54)[C@H](O)[C@@H]3O)[C@@H](O)[C@H]2O)c(=O)[nH]1. The maximum Gasteiger partial charge on any atom is 0.475 e. The van der Waals surface area contributed by atoms with E-state index >= 15 is 0 Å². The van der Waals surface area contributed by atoms with Crippen LogP contribution in [0.25, 0.3) is 33.5 Å². The molecule has 12 rings (SSSR count). The fourth-order valence-electron chi connectivity index (χ4n) is 9.91. The molecule has 482 valence electrons. The van der Waals surface area contributed by atoms with Gasteiger partial charge in [0.05, 0.1) is 38.8 Å². The number of fused-ring (bicyclic) bond motifs is 3. The second-order valence-electron chi connectivity index (χ2n) is 20.6. The van der Waals surface area contributed by atoms with Gasteiger partial charge in [0.15, 0.2) is 72.0 Å². The predicted octanol–water partition coefficient (Wildman–Crippen LogP) is -1.55. The minimum atomic E-state index is -5.23. The largest absolute Gasteiger partial charge is 0.484 e. The third-order valence-corrected chi connectivity index (χ3v) is 15.8. The Hall–Kier alpha value is -9.73. The van der Waals surface area contributed by atoms with Crippen LogP contribution >= 0.6 is 7.82 Å².